The van der Waals surface area contributed by atoms with E-state index in [0.29, 0.717) is 16.6 Å². The van der Waals surface area contributed by atoms with Crippen molar-refractivity contribution in [1.29, 1.82) is 0 Å². The minimum absolute atomic E-state index is 0.146. The van der Waals surface area contributed by atoms with E-state index in [-0.39, 0.29) is 11.3 Å². The number of non-ortho nitro benzene ring substituents is 1. The van der Waals surface area contributed by atoms with Crippen LogP contribution in [0.4, 0.5) is 5.69 Å². The largest absolute Gasteiger partial charge is 0.271 e. The van der Waals surface area contributed by atoms with Crippen molar-refractivity contribution in [3.05, 3.63) is 63.7 Å². The number of benzene rings is 2. The molecule has 9 nitrogen and oxygen atoms in total. The van der Waals surface area contributed by atoms with Gasteiger partial charge in [0.2, 0.25) is 0 Å². The van der Waals surface area contributed by atoms with Gasteiger partial charge in [-0.05, 0) is 34.1 Å². The molecule has 0 aliphatic rings. The Morgan fingerprint density at radius 2 is 2.04 bits per heavy atom. The Hall–Kier alpha value is -3.62. The van der Waals surface area contributed by atoms with Crippen LogP contribution in [0, 0.1) is 10.1 Å². The first-order valence-corrected chi connectivity index (χ1v) is 6.44. The van der Waals surface area contributed by atoms with E-state index in [0.717, 1.165) is 0 Å². The maximum absolute atomic E-state index is 11.9. The number of aromatic nitrogens is 2. The third-order valence-corrected chi connectivity index (χ3v) is 2.98. The van der Waals surface area contributed by atoms with E-state index < -0.39 is 10.8 Å². The number of hydrogen-bond acceptors (Lipinski definition) is 7. The average Bonchev–Trinajstić information content (AvgIpc) is 3.02. The molecule has 1 heterocycles. The van der Waals surface area contributed by atoms with E-state index in [9.17, 15) is 14.9 Å². The molecule has 0 saturated heterocycles. The third kappa shape index (κ3) is 3.18. The average molecular weight is 311 g/mol. The second-order valence-electron chi connectivity index (χ2n) is 4.52. The minimum Gasteiger partial charge on any atom is -0.267 e. The lowest BCUT2D eigenvalue weighted by atomic mass is 10.2. The van der Waals surface area contributed by atoms with E-state index >= 15 is 0 Å². The van der Waals surface area contributed by atoms with Crippen LogP contribution in [0.15, 0.2) is 52.2 Å². The van der Waals surface area contributed by atoms with Crippen LogP contribution in [0.1, 0.15) is 15.9 Å². The number of nitro benzene ring substituents is 1. The van der Waals surface area contributed by atoms with Gasteiger partial charge in [-0.1, -0.05) is 12.1 Å². The topological polar surface area (TPSA) is 124 Å². The van der Waals surface area contributed by atoms with Crippen LogP contribution in [-0.2, 0) is 0 Å². The smallest absolute Gasteiger partial charge is 0.267 e. The molecule has 0 fully saturated rings. The van der Waals surface area contributed by atoms with Crippen LogP contribution < -0.4 is 5.43 Å². The monoisotopic (exact) mass is 311 g/mol. The summed E-state index contributed by atoms with van der Waals surface area (Å²) in [6.45, 7) is 0. The lowest BCUT2D eigenvalue weighted by molar-refractivity contribution is -0.384. The van der Waals surface area contributed by atoms with Crippen molar-refractivity contribution in [3.8, 4) is 0 Å². The standard InChI is InChI=1S/C14H9N5O4/c20-14(10-2-1-3-11(7-10)19(21)22)16-15-8-9-4-5-12-13(6-9)18-23-17-12/h1-8H,(H,16,20). The maximum Gasteiger partial charge on any atom is 0.271 e. The normalized spacial score (nSPS) is 11.0. The van der Waals surface area contributed by atoms with E-state index in [1.807, 2.05) is 0 Å². The van der Waals surface area contributed by atoms with Crippen LogP contribution in [0.5, 0.6) is 0 Å². The molecule has 0 saturated carbocycles. The maximum atomic E-state index is 11.9. The Labute approximate surface area is 128 Å². The van der Waals surface area contributed by atoms with Gasteiger partial charge >= 0.3 is 0 Å². The number of carbonyl (C=O) groups is 1. The lowest BCUT2D eigenvalue weighted by Crippen LogP contribution is -2.17. The number of amides is 1. The molecule has 23 heavy (non-hydrogen) atoms. The fourth-order valence-electron chi connectivity index (χ4n) is 1.87. The first-order valence-electron chi connectivity index (χ1n) is 6.44. The summed E-state index contributed by atoms with van der Waals surface area (Å²) in [7, 11) is 0. The van der Waals surface area contributed by atoms with Crippen molar-refractivity contribution < 1.29 is 14.3 Å². The molecule has 0 atom stereocenters. The summed E-state index contributed by atoms with van der Waals surface area (Å²) in [6, 6.07) is 10.5. The van der Waals surface area contributed by atoms with Crippen molar-refractivity contribution in [1.82, 2.24) is 15.7 Å². The van der Waals surface area contributed by atoms with Gasteiger partial charge in [0.25, 0.3) is 11.6 Å². The van der Waals surface area contributed by atoms with Gasteiger partial charge in [0, 0.05) is 17.7 Å². The number of hydrazone groups is 1. The predicted molar refractivity (Wildman–Crippen MR) is 80.0 cm³/mol. The molecule has 0 bridgehead atoms. The molecular weight excluding hydrogens is 302 g/mol. The zero-order chi connectivity index (χ0) is 16.2. The summed E-state index contributed by atoms with van der Waals surface area (Å²) in [5.74, 6) is -0.547. The van der Waals surface area contributed by atoms with Gasteiger partial charge in [0.05, 0.1) is 11.1 Å². The highest BCUT2D eigenvalue weighted by Gasteiger charge is 2.10. The van der Waals surface area contributed by atoms with Crippen LogP contribution in [-0.4, -0.2) is 27.4 Å². The number of nitrogens with zero attached hydrogens (tertiary/aromatic N) is 4. The fraction of sp³-hybridized carbons (Fsp3) is 0. The molecule has 0 aliphatic carbocycles. The number of nitrogens with one attached hydrogen (secondary N) is 1. The molecule has 0 radical (unpaired) electrons. The van der Waals surface area contributed by atoms with E-state index in [1.165, 1.54) is 30.5 Å². The van der Waals surface area contributed by atoms with Gasteiger partial charge in [-0.3, -0.25) is 14.9 Å². The summed E-state index contributed by atoms with van der Waals surface area (Å²) >= 11 is 0. The number of rotatable bonds is 4. The zero-order valence-electron chi connectivity index (χ0n) is 11.5. The summed E-state index contributed by atoms with van der Waals surface area (Å²) < 4.78 is 4.58. The van der Waals surface area contributed by atoms with Gasteiger partial charge in [0.1, 0.15) is 11.0 Å². The van der Waals surface area contributed by atoms with Gasteiger partial charge in [-0.2, -0.15) is 5.10 Å². The Balaban J connectivity index is 1.70. The van der Waals surface area contributed by atoms with Crippen molar-refractivity contribution in [2.75, 3.05) is 0 Å². The van der Waals surface area contributed by atoms with Gasteiger partial charge in [-0.15, -0.1) is 0 Å². The molecule has 0 aliphatic heterocycles. The highest BCUT2D eigenvalue weighted by Crippen LogP contribution is 2.13. The second kappa shape index (κ2) is 6.02. The van der Waals surface area contributed by atoms with Gasteiger partial charge in [0.15, 0.2) is 0 Å². The Kier molecular flexibility index (Phi) is 3.75. The molecule has 9 heteroatoms. The molecule has 114 valence electrons. The molecule has 0 unspecified atom stereocenters. The summed E-state index contributed by atoms with van der Waals surface area (Å²) in [4.78, 5) is 22.0. The van der Waals surface area contributed by atoms with Crippen molar-refractivity contribution in [3.63, 3.8) is 0 Å². The quantitative estimate of drug-likeness (QED) is 0.446. The summed E-state index contributed by atoms with van der Waals surface area (Å²) in [5, 5.41) is 21.9. The number of hydrogen-bond donors (Lipinski definition) is 1. The van der Waals surface area contributed by atoms with Crippen LogP contribution in [0.25, 0.3) is 11.0 Å². The Bertz CT molecular complexity index is 918. The molecule has 3 aromatic rings. The molecule has 1 N–H and O–H groups in total. The van der Waals surface area contributed by atoms with Crippen molar-refractivity contribution in [2.45, 2.75) is 0 Å². The van der Waals surface area contributed by atoms with Gasteiger partial charge < -0.3 is 0 Å². The van der Waals surface area contributed by atoms with E-state index in [2.05, 4.69) is 25.5 Å². The van der Waals surface area contributed by atoms with Crippen molar-refractivity contribution >= 4 is 28.8 Å². The summed E-state index contributed by atoms with van der Waals surface area (Å²) in [5.41, 5.74) is 4.16. The lowest BCUT2D eigenvalue weighted by Gasteiger charge is -1.99. The SMILES string of the molecule is O=C(NN=Cc1ccc2nonc2c1)c1cccc([N+](=O)[O-])c1. The van der Waals surface area contributed by atoms with Crippen molar-refractivity contribution in [2.24, 2.45) is 5.10 Å². The first-order chi connectivity index (χ1) is 11.1. The summed E-state index contributed by atoms with van der Waals surface area (Å²) in [6.07, 6.45) is 1.42. The molecule has 1 aromatic heterocycles. The molecule has 3 rings (SSSR count). The predicted octanol–water partition coefficient (Wildman–Crippen LogP) is 1.89. The molecule has 1 amide bonds. The van der Waals surface area contributed by atoms with Crippen LogP contribution in [0.2, 0.25) is 0 Å². The third-order valence-electron chi connectivity index (χ3n) is 2.98. The molecule has 2 aromatic carbocycles. The minimum atomic E-state index is -0.568. The number of nitro groups is 1. The van der Waals surface area contributed by atoms with E-state index in [4.69, 9.17) is 0 Å². The highest BCUT2D eigenvalue weighted by molar-refractivity contribution is 5.95. The number of fused-ring (bicyclic) bond motifs is 1. The fourth-order valence-corrected chi connectivity index (χ4v) is 1.87. The zero-order valence-corrected chi connectivity index (χ0v) is 11.5. The van der Waals surface area contributed by atoms with Crippen LogP contribution >= 0.6 is 0 Å². The number of carbonyl (C=O) groups excluding carboxylic acids is 1. The van der Waals surface area contributed by atoms with Crippen LogP contribution in [0.3, 0.4) is 0 Å². The highest BCUT2D eigenvalue weighted by atomic mass is 16.6. The molecular formula is C14H9N5O4. The first kappa shape index (κ1) is 14.3. The van der Waals surface area contributed by atoms with Gasteiger partial charge in [-0.25, -0.2) is 10.1 Å². The Morgan fingerprint density at radius 3 is 2.87 bits per heavy atom. The van der Waals surface area contributed by atoms with E-state index in [1.54, 1.807) is 18.2 Å². The Morgan fingerprint density at radius 1 is 1.22 bits per heavy atom. The molecule has 0 spiro atoms. The second-order valence-corrected chi connectivity index (χ2v) is 4.52.